The summed E-state index contributed by atoms with van der Waals surface area (Å²) in [5, 5.41) is 4.05. The van der Waals surface area contributed by atoms with Crippen molar-refractivity contribution in [1.29, 1.82) is 0 Å². The first-order valence-corrected chi connectivity index (χ1v) is 8.68. The number of halogens is 1. The molecular formula is C20H18ClNO4. The van der Waals surface area contributed by atoms with Crippen molar-refractivity contribution in [3.63, 3.8) is 0 Å². The summed E-state index contributed by atoms with van der Waals surface area (Å²) >= 11 is 6.12. The molecule has 5 nitrogen and oxygen atoms in total. The summed E-state index contributed by atoms with van der Waals surface area (Å²) in [7, 11) is 0. The lowest BCUT2D eigenvalue weighted by atomic mass is 10.1. The first kappa shape index (κ1) is 18.0. The summed E-state index contributed by atoms with van der Waals surface area (Å²) in [5.41, 5.74) is 0.966. The van der Waals surface area contributed by atoms with Crippen molar-refractivity contribution in [3.8, 4) is 5.75 Å². The molecule has 0 atom stereocenters. The maximum absolute atomic E-state index is 12.5. The number of hydrogen-bond acceptors (Lipinski definition) is 4. The number of hydrogen-bond donors (Lipinski definition) is 1. The maximum Gasteiger partial charge on any atom is 0.337 e. The van der Waals surface area contributed by atoms with Crippen LogP contribution in [0.3, 0.4) is 0 Å². The van der Waals surface area contributed by atoms with E-state index in [0.717, 1.165) is 5.56 Å². The van der Waals surface area contributed by atoms with Crippen LogP contribution in [0, 0.1) is 0 Å². The summed E-state index contributed by atoms with van der Waals surface area (Å²) in [6.07, 6.45) is 0.597. The summed E-state index contributed by atoms with van der Waals surface area (Å²) in [6.45, 7) is 2.77. The second-order valence-corrected chi connectivity index (χ2v) is 6.07. The van der Waals surface area contributed by atoms with E-state index in [2.05, 4.69) is 5.32 Å². The molecule has 0 fully saturated rings. The van der Waals surface area contributed by atoms with Crippen molar-refractivity contribution >= 4 is 28.5 Å². The fraction of sp³-hybridized carbons (Fsp3) is 0.200. The molecule has 0 aliphatic carbocycles. The number of ether oxygens (including phenoxy) is 1. The zero-order valence-electron chi connectivity index (χ0n) is 14.3. The van der Waals surface area contributed by atoms with E-state index in [1.807, 2.05) is 31.2 Å². The topological polar surface area (TPSA) is 68.5 Å². The van der Waals surface area contributed by atoms with Crippen molar-refractivity contribution in [2.75, 3.05) is 13.2 Å². The Morgan fingerprint density at radius 2 is 2.00 bits per heavy atom. The van der Waals surface area contributed by atoms with Crippen LogP contribution in [-0.4, -0.2) is 19.1 Å². The average molecular weight is 372 g/mol. The molecule has 134 valence electrons. The summed E-state index contributed by atoms with van der Waals surface area (Å²) in [4.78, 5) is 24.4. The highest BCUT2D eigenvalue weighted by molar-refractivity contribution is 6.31. The van der Waals surface area contributed by atoms with E-state index in [-0.39, 0.29) is 11.5 Å². The molecule has 1 heterocycles. The number of benzene rings is 2. The molecule has 1 N–H and O–H groups in total. The Balaban J connectivity index is 1.79. The van der Waals surface area contributed by atoms with Gasteiger partial charge in [0.25, 0.3) is 5.91 Å². The molecule has 3 rings (SSSR count). The van der Waals surface area contributed by atoms with E-state index >= 15 is 0 Å². The van der Waals surface area contributed by atoms with Crippen molar-refractivity contribution in [3.05, 3.63) is 75.1 Å². The zero-order valence-corrected chi connectivity index (χ0v) is 15.0. The molecule has 0 spiro atoms. The van der Waals surface area contributed by atoms with E-state index < -0.39 is 5.63 Å². The minimum atomic E-state index is -0.581. The Morgan fingerprint density at radius 1 is 1.19 bits per heavy atom. The third-order valence-corrected chi connectivity index (χ3v) is 4.28. The van der Waals surface area contributed by atoms with Gasteiger partial charge in [0.2, 0.25) is 0 Å². The van der Waals surface area contributed by atoms with Crippen LogP contribution in [0.1, 0.15) is 22.8 Å². The largest absolute Gasteiger partial charge is 0.494 e. The fourth-order valence-corrected chi connectivity index (χ4v) is 2.92. The lowest BCUT2D eigenvalue weighted by Crippen LogP contribution is -2.26. The van der Waals surface area contributed by atoms with Gasteiger partial charge in [-0.15, -0.1) is 0 Å². The quantitative estimate of drug-likeness (QED) is 0.669. The molecule has 0 aliphatic heterocycles. The molecule has 1 amide bonds. The highest BCUT2D eigenvalue weighted by atomic mass is 35.5. The molecule has 0 bridgehead atoms. The zero-order chi connectivity index (χ0) is 18.5. The van der Waals surface area contributed by atoms with Crippen molar-refractivity contribution in [2.45, 2.75) is 13.3 Å². The van der Waals surface area contributed by atoms with Crippen molar-refractivity contribution < 1.29 is 13.9 Å². The normalized spacial score (nSPS) is 10.7. The molecular weight excluding hydrogens is 354 g/mol. The Kier molecular flexibility index (Phi) is 5.58. The van der Waals surface area contributed by atoms with Crippen LogP contribution in [0.25, 0.3) is 11.0 Å². The standard InChI is InChI=1S/C20H18ClNO4/c1-2-25-14-7-8-15-16(12-19(23)26-18(15)11-14)20(24)22-10-9-13-5-3-4-6-17(13)21/h3-8,11-12H,2,9-10H2,1H3,(H,22,24). The van der Waals surface area contributed by atoms with Gasteiger partial charge in [0, 0.05) is 29.1 Å². The van der Waals surface area contributed by atoms with Crippen LogP contribution in [0.5, 0.6) is 5.75 Å². The van der Waals surface area contributed by atoms with Crippen LogP contribution in [0.4, 0.5) is 0 Å². The predicted molar refractivity (Wildman–Crippen MR) is 101 cm³/mol. The Bertz CT molecular complexity index is 997. The SMILES string of the molecule is CCOc1ccc2c(C(=O)NCCc3ccccc3Cl)cc(=O)oc2c1. The first-order valence-electron chi connectivity index (χ1n) is 8.31. The lowest BCUT2D eigenvalue weighted by Gasteiger charge is -2.09. The maximum atomic E-state index is 12.5. The molecule has 1 aromatic heterocycles. The van der Waals surface area contributed by atoms with Gasteiger partial charge in [-0.25, -0.2) is 4.79 Å². The summed E-state index contributed by atoms with van der Waals surface area (Å²) in [5.74, 6) is 0.249. The first-order chi connectivity index (χ1) is 12.6. The molecule has 0 saturated heterocycles. The molecule has 0 unspecified atom stereocenters. The van der Waals surface area contributed by atoms with E-state index in [1.165, 1.54) is 6.07 Å². The minimum Gasteiger partial charge on any atom is -0.494 e. The van der Waals surface area contributed by atoms with E-state index in [0.29, 0.717) is 41.3 Å². The molecule has 6 heteroatoms. The van der Waals surface area contributed by atoms with Gasteiger partial charge in [-0.05, 0) is 37.1 Å². The number of rotatable bonds is 6. The second-order valence-electron chi connectivity index (χ2n) is 5.67. The highest BCUT2D eigenvalue weighted by Crippen LogP contribution is 2.23. The average Bonchev–Trinajstić information content (AvgIpc) is 2.62. The number of carbonyl (C=O) groups excluding carboxylic acids is 1. The predicted octanol–water partition coefficient (Wildman–Crippen LogP) is 3.82. The molecule has 0 saturated carbocycles. The van der Waals surface area contributed by atoms with Gasteiger partial charge in [0.15, 0.2) is 0 Å². The van der Waals surface area contributed by atoms with Crippen LogP contribution < -0.4 is 15.7 Å². The molecule has 0 aliphatic rings. The number of carbonyl (C=O) groups is 1. The van der Waals surface area contributed by atoms with Crippen molar-refractivity contribution in [1.82, 2.24) is 5.32 Å². The van der Waals surface area contributed by atoms with Crippen LogP contribution in [0.2, 0.25) is 5.02 Å². The van der Waals surface area contributed by atoms with Crippen LogP contribution in [0.15, 0.2) is 57.7 Å². The van der Waals surface area contributed by atoms with E-state index in [9.17, 15) is 9.59 Å². The van der Waals surface area contributed by atoms with Gasteiger partial charge in [-0.1, -0.05) is 29.8 Å². The third kappa shape index (κ3) is 4.06. The molecule has 26 heavy (non-hydrogen) atoms. The fourth-order valence-electron chi connectivity index (χ4n) is 2.69. The lowest BCUT2D eigenvalue weighted by molar-refractivity contribution is 0.0955. The van der Waals surface area contributed by atoms with Gasteiger partial charge in [-0.3, -0.25) is 4.79 Å². The highest BCUT2D eigenvalue weighted by Gasteiger charge is 2.14. The van der Waals surface area contributed by atoms with Gasteiger partial charge in [0.05, 0.1) is 12.2 Å². The number of amides is 1. The van der Waals surface area contributed by atoms with Crippen molar-refractivity contribution in [2.24, 2.45) is 0 Å². The molecule has 2 aromatic carbocycles. The second kappa shape index (κ2) is 8.06. The monoisotopic (exact) mass is 371 g/mol. The molecule has 0 radical (unpaired) electrons. The number of fused-ring (bicyclic) bond motifs is 1. The Labute approximate surface area is 155 Å². The van der Waals surface area contributed by atoms with E-state index in [1.54, 1.807) is 18.2 Å². The summed E-state index contributed by atoms with van der Waals surface area (Å²) < 4.78 is 10.6. The van der Waals surface area contributed by atoms with E-state index in [4.69, 9.17) is 20.8 Å². The number of nitrogens with one attached hydrogen (secondary N) is 1. The Morgan fingerprint density at radius 3 is 2.77 bits per heavy atom. The smallest absolute Gasteiger partial charge is 0.337 e. The summed E-state index contributed by atoms with van der Waals surface area (Å²) in [6, 6.07) is 13.7. The third-order valence-electron chi connectivity index (χ3n) is 3.91. The van der Waals surface area contributed by atoms with Gasteiger partial charge >= 0.3 is 5.63 Å². The van der Waals surface area contributed by atoms with Crippen LogP contribution in [-0.2, 0) is 6.42 Å². The van der Waals surface area contributed by atoms with Crippen LogP contribution >= 0.6 is 11.6 Å². The van der Waals surface area contributed by atoms with Gasteiger partial charge < -0.3 is 14.5 Å². The van der Waals surface area contributed by atoms with Gasteiger partial charge in [-0.2, -0.15) is 0 Å². The van der Waals surface area contributed by atoms with Gasteiger partial charge in [0.1, 0.15) is 11.3 Å². The Hall–Kier alpha value is -2.79. The minimum absolute atomic E-state index is 0.276. The molecule has 3 aromatic rings.